The van der Waals surface area contributed by atoms with E-state index < -0.39 is 13.5 Å². The largest absolute Gasteiger partial charge is 0.397 e. The first-order valence-electron chi connectivity index (χ1n) is 5.70. The van der Waals surface area contributed by atoms with Gasteiger partial charge in [0.15, 0.2) is 0 Å². The molecule has 0 aliphatic rings. The molecule has 2 aromatic carbocycles. The Balaban J connectivity index is 2.39. The minimum atomic E-state index is -4.53. The molecule has 0 unspecified atom stereocenters. The zero-order valence-electron chi connectivity index (χ0n) is 10.4. The third-order valence-corrected chi connectivity index (χ3v) is 3.66. The Morgan fingerprint density at radius 1 is 1.05 bits per heavy atom. The van der Waals surface area contributed by atoms with Gasteiger partial charge in [0.05, 0.1) is 16.7 Å². The zero-order valence-corrected chi connectivity index (χ0v) is 11.2. The first-order chi connectivity index (χ1) is 9.39. The summed E-state index contributed by atoms with van der Waals surface area (Å²) in [4.78, 5) is 30.6. The molecule has 0 aromatic heterocycles. The van der Waals surface area contributed by atoms with Crippen LogP contribution in [0.25, 0.3) is 0 Å². The van der Waals surface area contributed by atoms with Crippen LogP contribution in [0.1, 0.15) is 10.4 Å². The first-order valence-corrected chi connectivity index (χ1v) is 7.32. The van der Waals surface area contributed by atoms with E-state index in [2.05, 4.69) is 5.32 Å². The molecule has 2 rings (SSSR count). The van der Waals surface area contributed by atoms with E-state index in [1.165, 1.54) is 18.2 Å². The van der Waals surface area contributed by atoms with Crippen LogP contribution in [-0.4, -0.2) is 15.7 Å². The fraction of sp³-hybridized carbons (Fsp3) is 0. The van der Waals surface area contributed by atoms with Crippen LogP contribution >= 0.6 is 7.60 Å². The Kier molecular flexibility index (Phi) is 3.90. The van der Waals surface area contributed by atoms with Crippen molar-refractivity contribution in [3.63, 3.8) is 0 Å². The van der Waals surface area contributed by atoms with Gasteiger partial charge >= 0.3 is 7.60 Å². The Morgan fingerprint density at radius 3 is 2.30 bits per heavy atom. The van der Waals surface area contributed by atoms with Crippen molar-refractivity contribution in [2.75, 3.05) is 11.1 Å². The molecule has 0 atom stereocenters. The van der Waals surface area contributed by atoms with Crippen LogP contribution < -0.4 is 16.4 Å². The number of carbonyl (C=O) groups excluding carboxylic acids is 1. The second-order valence-corrected chi connectivity index (χ2v) is 5.68. The van der Waals surface area contributed by atoms with Crippen LogP contribution in [0.5, 0.6) is 0 Å². The number of benzene rings is 2. The van der Waals surface area contributed by atoms with E-state index in [-0.39, 0.29) is 16.7 Å². The van der Waals surface area contributed by atoms with Crippen molar-refractivity contribution in [1.29, 1.82) is 0 Å². The van der Waals surface area contributed by atoms with Gasteiger partial charge in [-0.3, -0.25) is 9.36 Å². The summed E-state index contributed by atoms with van der Waals surface area (Å²) < 4.78 is 11.4. The molecule has 104 valence electrons. The Hall–Kier alpha value is -2.14. The quantitative estimate of drug-likeness (QED) is 0.503. The summed E-state index contributed by atoms with van der Waals surface area (Å²) in [5.74, 6) is -0.488. The number of nitrogen functional groups attached to an aromatic ring is 1. The Labute approximate surface area is 115 Å². The number of carbonyl (C=O) groups is 1. The van der Waals surface area contributed by atoms with Gasteiger partial charge in [-0.15, -0.1) is 0 Å². The highest BCUT2D eigenvalue weighted by Crippen LogP contribution is 2.38. The maximum Gasteiger partial charge on any atom is 0.358 e. The standard InChI is InChI=1S/C13H13N2O4P/c14-10-7-4-8-11(20(17,18)19)12(10)15-13(16)9-5-2-1-3-6-9/h1-8H,14H2,(H,15,16)(H2,17,18,19). The number of para-hydroxylation sites is 1. The van der Waals surface area contributed by atoms with Crippen molar-refractivity contribution < 1.29 is 19.1 Å². The maximum absolute atomic E-state index is 12.0. The lowest BCUT2D eigenvalue weighted by Gasteiger charge is -2.14. The lowest BCUT2D eigenvalue weighted by Crippen LogP contribution is -2.20. The van der Waals surface area contributed by atoms with Crippen LogP contribution in [0.3, 0.4) is 0 Å². The fourth-order valence-electron chi connectivity index (χ4n) is 1.71. The molecule has 0 heterocycles. The summed E-state index contributed by atoms with van der Waals surface area (Å²) in [7, 11) is -4.53. The highest BCUT2D eigenvalue weighted by atomic mass is 31.2. The van der Waals surface area contributed by atoms with Crippen molar-refractivity contribution in [2.45, 2.75) is 0 Å². The smallest absolute Gasteiger partial charge is 0.358 e. The summed E-state index contributed by atoms with van der Waals surface area (Å²) in [6.45, 7) is 0. The SMILES string of the molecule is Nc1cccc(P(=O)(O)O)c1NC(=O)c1ccccc1. The molecule has 6 nitrogen and oxygen atoms in total. The molecule has 0 bridgehead atoms. The van der Waals surface area contributed by atoms with E-state index in [9.17, 15) is 19.1 Å². The van der Waals surface area contributed by atoms with Gasteiger partial charge in [-0.2, -0.15) is 0 Å². The highest BCUT2D eigenvalue weighted by molar-refractivity contribution is 7.60. The van der Waals surface area contributed by atoms with E-state index >= 15 is 0 Å². The molecule has 5 N–H and O–H groups in total. The average molecular weight is 292 g/mol. The summed E-state index contributed by atoms with van der Waals surface area (Å²) in [6, 6.07) is 12.4. The zero-order chi connectivity index (χ0) is 14.8. The Bertz CT molecular complexity index is 682. The normalized spacial score (nSPS) is 11.1. The second-order valence-electron chi connectivity index (χ2n) is 4.11. The number of amides is 1. The van der Waals surface area contributed by atoms with Crippen molar-refractivity contribution in [3.8, 4) is 0 Å². The number of nitrogens with two attached hydrogens (primary N) is 1. The van der Waals surface area contributed by atoms with Gasteiger partial charge in [0.1, 0.15) is 0 Å². The second kappa shape index (κ2) is 5.46. The van der Waals surface area contributed by atoms with Gasteiger partial charge in [-0.25, -0.2) is 0 Å². The minimum absolute atomic E-state index is 0.0605. The monoisotopic (exact) mass is 292 g/mol. The topological polar surface area (TPSA) is 113 Å². The van der Waals surface area contributed by atoms with Crippen LogP contribution in [0.15, 0.2) is 48.5 Å². The minimum Gasteiger partial charge on any atom is -0.397 e. The van der Waals surface area contributed by atoms with E-state index in [4.69, 9.17) is 5.73 Å². The van der Waals surface area contributed by atoms with E-state index in [0.717, 1.165) is 0 Å². The fourth-order valence-corrected chi connectivity index (χ4v) is 2.47. The molecule has 7 heteroatoms. The third kappa shape index (κ3) is 3.05. The molecule has 0 spiro atoms. The number of rotatable bonds is 3. The van der Waals surface area contributed by atoms with Crippen LogP contribution in [0.2, 0.25) is 0 Å². The van der Waals surface area contributed by atoms with Crippen molar-refractivity contribution >= 4 is 30.2 Å². The summed E-state index contributed by atoms with van der Waals surface area (Å²) >= 11 is 0. The molecule has 1 amide bonds. The number of nitrogens with one attached hydrogen (secondary N) is 1. The molecule has 0 aliphatic heterocycles. The molecular formula is C13H13N2O4P. The van der Waals surface area contributed by atoms with Crippen LogP contribution in [0, 0.1) is 0 Å². The highest BCUT2D eigenvalue weighted by Gasteiger charge is 2.24. The number of hydrogen-bond acceptors (Lipinski definition) is 3. The molecular weight excluding hydrogens is 279 g/mol. The van der Waals surface area contributed by atoms with Crippen LogP contribution in [-0.2, 0) is 4.57 Å². The third-order valence-electron chi connectivity index (χ3n) is 2.66. The van der Waals surface area contributed by atoms with E-state index in [1.807, 2.05) is 0 Å². The first kappa shape index (κ1) is 14.3. The van der Waals surface area contributed by atoms with Gasteiger partial charge in [-0.05, 0) is 24.3 Å². The molecule has 0 radical (unpaired) electrons. The average Bonchev–Trinajstić information content (AvgIpc) is 2.40. The van der Waals surface area contributed by atoms with Gasteiger partial charge in [0, 0.05) is 5.56 Å². The van der Waals surface area contributed by atoms with Gasteiger partial charge < -0.3 is 20.8 Å². The number of hydrogen-bond donors (Lipinski definition) is 4. The summed E-state index contributed by atoms with van der Waals surface area (Å²) in [5, 5.41) is 2.14. The predicted molar refractivity (Wildman–Crippen MR) is 76.9 cm³/mol. The van der Waals surface area contributed by atoms with Crippen LogP contribution in [0.4, 0.5) is 11.4 Å². The number of anilines is 2. The van der Waals surface area contributed by atoms with Crippen molar-refractivity contribution in [3.05, 3.63) is 54.1 Å². The molecule has 0 aliphatic carbocycles. The Morgan fingerprint density at radius 2 is 1.70 bits per heavy atom. The summed E-state index contributed by atoms with van der Waals surface area (Å²) in [5.41, 5.74) is 6.09. The molecule has 0 saturated carbocycles. The lowest BCUT2D eigenvalue weighted by molar-refractivity contribution is 0.102. The van der Waals surface area contributed by atoms with Crippen molar-refractivity contribution in [2.24, 2.45) is 0 Å². The molecule has 0 saturated heterocycles. The predicted octanol–water partition coefficient (Wildman–Crippen LogP) is 1.32. The van der Waals surface area contributed by atoms with Gasteiger partial charge in [0.25, 0.3) is 5.91 Å². The molecule has 2 aromatic rings. The van der Waals surface area contributed by atoms with Crippen molar-refractivity contribution in [1.82, 2.24) is 0 Å². The van der Waals surface area contributed by atoms with Gasteiger partial charge in [-0.1, -0.05) is 24.3 Å². The molecule has 0 fully saturated rings. The lowest BCUT2D eigenvalue weighted by atomic mass is 10.2. The van der Waals surface area contributed by atoms with E-state index in [1.54, 1.807) is 30.3 Å². The summed E-state index contributed by atoms with van der Waals surface area (Å²) in [6.07, 6.45) is 0. The maximum atomic E-state index is 12.0. The van der Waals surface area contributed by atoms with Gasteiger partial charge in [0.2, 0.25) is 0 Å². The van der Waals surface area contributed by atoms with E-state index in [0.29, 0.717) is 5.56 Å². The molecule has 20 heavy (non-hydrogen) atoms.